The first-order valence-electron chi connectivity index (χ1n) is 5.73. The van der Waals surface area contributed by atoms with Crippen LogP contribution in [0.1, 0.15) is 39.0 Å². The number of hydrogen-bond acceptors (Lipinski definition) is 3. The van der Waals surface area contributed by atoms with Crippen molar-refractivity contribution in [3.63, 3.8) is 0 Å². The third-order valence-corrected chi connectivity index (χ3v) is 2.99. The van der Waals surface area contributed by atoms with Gasteiger partial charge in [0.05, 0.1) is 12.5 Å². The SMILES string of the molecule is CC(O)CCN1CCCCC1CC(=O)O. The van der Waals surface area contributed by atoms with E-state index in [4.69, 9.17) is 5.11 Å². The van der Waals surface area contributed by atoms with Crippen molar-refractivity contribution in [2.75, 3.05) is 13.1 Å². The molecule has 1 rings (SSSR count). The quantitative estimate of drug-likeness (QED) is 0.720. The van der Waals surface area contributed by atoms with Gasteiger partial charge in [-0.2, -0.15) is 0 Å². The van der Waals surface area contributed by atoms with Crippen LogP contribution in [0.2, 0.25) is 0 Å². The molecule has 1 aliphatic heterocycles. The van der Waals surface area contributed by atoms with Gasteiger partial charge in [0, 0.05) is 12.6 Å². The second kappa shape index (κ2) is 6.08. The lowest BCUT2D eigenvalue weighted by molar-refractivity contribution is -0.138. The summed E-state index contributed by atoms with van der Waals surface area (Å²) >= 11 is 0. The summed E-state index contributed by atoms with van der Waals surface area (Å²) in [6, 6.07) is 0.176. The number of carboxylic acids is 1. The summed E-state index contributed by atoms with van der Waals surface area (Å²) in [5, 5.41) is 18.0. The molecule has 2 N–H and O–H groups in total. The van der Waals surface area contributed by atoms with Gasteiger partial charge < -0.3 is 10.2 Å². The Hall–Kier alpha value is -0.610. The normalized spacial score (nSPS) is 25.1. The number of aliphatic hydroxyl groups is 1. The highest BCUT2D eigenvalue weighted by atomic mass is 16.4. The van der Waals surface area contributed by atoms with Gasteiger partial charge in [-0.05, 0) is 32.7 Å². The number of carboxylic acid groups (broad SMARTS) is 1. The number of aliphatic carboxylic acids is 1. The molecule has 0 amide bonds. The van der Waals surface area contributed by atoms with Crippen molar-refractivity contribution in [1.29, 1.82) is 0 Å². The topological polar surface area (TPSA) is 60.8 Å². The van der Waals surface area contributed by atoms with Crippen LogP contribution in [0.4, 0.5) is 0 Å². The fraction of sp³-hybridized carbons (Fsp3) is 0.909. The van der Waals surface area contributed by atoms with Gasteiger partial charge in [0.1, 0.15) is 0 Å². The molecule has 0 aromatic heterocycles. The average molecular weight is 215 g/mol. The highest BCUT2D eigenvalue weighted by Crippen LogP contribution is 2.20. The van der Waals surface area contributed by atoms with Crippen LogP contribution in [-0.2, 0) is 4.79 Å². The van der Waals surface area contributed by atoms with Crippen LogP contribution in [0, 0.1) is 0 Å². The van der Waals surface area contributed by atoms with Crippen molar-refractivity contribution >= 4 is 5.97 Å². The monoisotopic (exact) mass is 215 g/mol. The summed E-state index contributed by atoms with van der Waals surface area (Å²) in [6.45, 7) is 3.57. The molecule has 0 bridgehead atoms. The summed E-state index contributed by atoms with van der Waals surface area (Å²) < 4.78 is 0. The molecule has 2 atom stereocenters. The van der Waals surface area contributed by atoms with Crippen LogP contribution >= 0.6 is 0 Å². The molecular weight excluding hydrogens is 194 g/mol. The van der Waals surface area contributed by atoms with Crippen LogP contribution < -0.4 is 0 Å². The van der Waals surface area contributed by atoms with Crippen molar-refractivity contribution in [3.8, 4) is 0 Å². The molecule has 15 heavy (non-hydrogen) atoms. The maximum absolute atomic E-state index is 10.7. The van der Waals surface area contributed by atoms with Gasteiger partial charge in [-0.3, -0.25) is 9.69 Å². The zero-order valence-corrected chi connectivity index (χ0v) is 9.35. The predicted molar refractivity (Wildman–Crippen MR) is 57.8 cm³/mol. The Morgan fingerprint density at radius 3 is 2.87 bits per heavy atom. The first-order chi connectivity index (χ1) is 7.09. The maximum Gasteiger partial charge on any atom is 0.304 e. The molecular formula is C11H21NO3. The average Bonchev–Trinajstić information content (AvgIpc) is 2.15. The van der Waals surface area contributed by atoms with Crippen molar-refractivity contribution in [2.45, 2.75) is 51.2 Å². The van der Waals surface area contributed by atoms with Gasteiger partial charge in [0.15, 0.2) is 0 Å². The molecule has 2 unspecified atom stereocenters. The van der Waals surface area contributed by atoms with E-state index in [1.165, 1.54) is 0 Å². The maximum atomic E-state index is 10.7. The van der Waals surface area contributed by atoms with Crippen LogP contribution in [-0.4, -0.2) is 46.3 Å². The number of aliphatic hydroxyl groups excluding tert-OH is 1. The van der Waals surface area contributed by atoms with E-state index in [2.05, 4.69) is 4.90 Å². The van der Waals surface area contributed by atoms with E-state index >= 15 is 0 Å². The summed E-state index contributed by atoms with van der Waals surface area (Å²) in [5.74, 6) is -0.719. The lowest BCUT2D eigenvalue weighted by atomic mass is 9.99. The third-order valence-electron chi connectivity index (χ3n) is 2.99. The Balaban J connectivity index is 2.39. The van der Waals surface area contributed by atoms with Crippen molar-refractivity contribution in [1.82, 2.24) is 4.90 Å². The van der Waals surface area contributed by atoms with E-state index < -0.39 is 5.97 Å². The van der Waals surface area contributed by atoms with Gasteiger partial charge >= 0.3 is 5.97 Å². The zero-order chi connectivity index (χ0) is 11.3. The fourth-order valence-corrected chi connectivity index (χ4v) is 2.14. The molecule has 0 aromatic carbocycles. The van der Waals surface area contributed by atoms with E-state index in [1.807, 2.05) is 0 Å². The Morgan fingerprint density at radius 2 is 2.27 bits per heavy atom. The van der Waals surface area contributed by atoms with E-state index in [0.717, 1.165) is 38.8 Å². The molecule has 0 spiro atoms. The first-order valence-corrected chi connectivity index (χ1v) is 5.73. The summed E-state index contributed by atoms with van der Waals surface area (Å²) in [4.78, 5) is 12.9. The molecule has 0 aliphatic carbocycles. The number of piperidine rings is 1. The number of nitrogens with zero attached hydrogens (tertiary/aromatic N) is 1. The smallest absolute Gasteiger partial charge is 0.304 e. The predicted octanol–water partition coefficient (Wildman–Crippen LogP) is 1.09. The van der Waals surface area contributed by atoms with E-state index in [9.17, 15) is 9.90 Å². The molecule has 1 fully saturated rings. The Morgan fingerprint density at radius 1 is 1.53 bits per heavy atom. The molecule has 4 heteroatoms. The van der Waals surface area contributed by atoms with Crippen molar-refractivity contribution in [2.24, 2.45) is 0 Å². The molecule has 88 valence electrons. The van der Waals surface area contributed by atoms with Gasteiger partial charge in [0.25, 0.3) is 0 Å². The van der Waals surface area contributed by atoms with E-state index in [-0.39, 0.29) is 18.6 Å². The molecule has 0 aromatic rings. The van der Waals surface area contributed by atoms with Gasteiger partial charge in [-0.25, -0.2) is 0 Å². The minimum absolute atomic E-state index is 0.176. The second-order valence-electron chi connectivity index (χ2n) is 4.42. The van der Waals surface area contributed by atoms with E-state index in [0.29, 0.717) is 0 Å². The summed E-state index contributed by atoms with van der Waals surface area (Å²) in [7, 11) is 0. The zero-order valence-electron chi connectivity index (χ0n) is 9.35. The summed E-state index contributed by atoms with van der Waals surface area (Å²) in [6.07, 6.45) is 3.93. The Bertz CT molecular complexity index is 206. The van der Waals surface area contributed by atoms with Gasteiger partial charge in [-0.1, -0.05) is 6.42 Å². The van der Waals surface area contributed by atoms with Crippen LogP contribution in [0.15, 0.2) is 0 Å². The van der Waals surface area contributed by atoms with Gasteiger partial charge in [0.2, 0.25) is 0 Å². The number of hydrogen-bond donors (Lipinski definition) is 2. The van der Waals surface area contributed by atoms with Crippen molar-refractivity contribution < 1.29 is 15.0 Å². The minimum Gasteiger partial charge on any atom is -0.481 e. The molecule has 1 aliphatic rings. The Labute approximate surface area is 90.9 Å². The largest absolute Gasteiger partial charge is 0.481 e. The van der Waals surface area contributed by atoms with Crippen LogP contribution in [0.25, 0.3) is 0 Å². The van der Waals surface area contributed by atoms with Gasteiger partial charge in [-0.15, -0.1) is 0 Å². The third kappa shape index (κ3) is 4.62. The number of likely N-dealkylation sites (tertiary alicyclic amines) is 1. The van der Waals surface area contributed by atoms with E-state index in [1.54, 1.807) is 6.92 Å². The molecule has 1 heterocycles. The van der Waals surface area contributed by atoms with Crippen molar-refractivity contribution in [3.05, 3.63) is 0 Å². The molecule has 4 nitrogen and oxygen atoms in total. The van der Waals surface area contributed by atoms with Crippen LogP contribution in [0.3, 0.4) is 0 Å². The molecule has 0 saturated carbocycles. The first kappa shape index (κ1) is 12.5. The highest BCUT2D eigenvalue weighted by molar-refractivity contribution is 5.67. The second-order valence-corrected chi connectivity index (χ2v) is 4.42. The molecule has 0 radical (unpaired) electrons. The number of rotatable bonds is 5. The lowest BCUT2D eigenvalue weighted by Gasteiger charge is -2.35. The standard InChI is InChI=1S/C11H21NO3/c1-9(13)5-7-12-6-3-2-4-10(12)8-11(14)15/h9-10,13H,2-8H2,1H3,(H,14,15). The summed E-state index contributed by atoms with van der Waals surface area (Å²) in [5.41, 5.74) is 0. The Kier molecular flexibility index (Phi) is 5.05. The minimum atomic E-state index is -0.719. The highest BCUT2D eigenvalue weighted by Gasteiger charge is 2.24. The molecule has 1 saturated heterocycles. The van der Waals surface area contributed by atoms with Crippen LogP contribution in [0.5, 0.6) is 0 Å². The fourth-order valence-electron chi connectivity index (χ4n) is 2.14. The number of carbonyl (C=O) groups is 1. The lowest BCUT2D eigenvalue weighted by Crippen LogP contribution is -2.42.